The number of benzene rings is 1. The Hall–Kier alpha value is -0.770. The normalized spacial score (nSPS) is 25.0. The quantitative estimate of drug-likeness (QED) is 0.867. The van der Waals surface area contributed by atoms with Crippen molar-refractivity contribution in [2.24, 2.45) is 0 Å². The fourth-order valence-electron chi connectivity index (χ4n) is 2.47. The van der Waals surface area contributed by atoms with E-state index in [-0.39, 0.29) is 6.61 Å². The van der Waals surface area contributed by atoms with E-state index >= 15 is 0 Å². The molecule has 0 aromatic heterocycles. The fourth-order valence-corrected chi connectivity index (χ4v) is 2.64. The van der Waals surface area contributed by atoms with Crippen LogP contribution in [-0.2, 0) is 6.61 Å². The van der Waals surface area contributed by atoms with Crippen molar-refractivity contribution in [1.29, 1.82) is 0 Å². The van der Waals surface area contributed by atoms with Crippen molar-refractivity contribution in [1.82, 2.24) is 0 Å². The molecule has 0 saturated carbocycles. The summed E-state index contributed by atoms with van der Waals surface area (Å²) in [6.45, 7) is 3.59. The van der Waals surface area contributed by atoms with E-state index in [0.29, 0.717) is 5.02 Å². The first-order valence-electron chi connectivity index (χ1n) is 6.38. The fraction of sp³-hybridized carbons (Fsp3) is 0.571. The average Bonchev–Trinajstić information content (AvgIpc) is 2.50. The Morgan fingerprint density at radius 1 is 1.33 bits per heavy atom. The van der Waals surface area contributed by atoms with Crippen molar-refractivity contribution in [2.75, 3.05) is 18.0 Å². The van der Waals surface area contributed by atoms with Gasteiger partial charge >= 0.3 is 0 Å². The molecule has 1 heterocycles. The molecule has 18 heavy (non-hydrogen) atoms. The van der Waals surface area contributed by atoms with Gasteiger partial charge in [0.05, 0.1) is 12.2 Å². The summed E-state index contributed by atoms with van der Waals surface area (Å²) in [5.74, 6) is 0. The van der Waals surface area contributed by atoms with Crippen LogP contribution in [0.5, 0.6) is 0 Å². The lowest BCUT2D eigenvalue weighted by Crippen LogP contribution is -2.28. The second kappa shape index (κ2) is 5.47. The van der Waals surface area contributed by atoms with E-state index in [1.54, 1.807) is 6.07 Å². The van der Waals surface area contributed by atoms with Crippen molar-refractivity contribution in [2.45, 2.75) is 38.4 Å². The molecule has 1 fully saturated rings. The van der Waals surface area contributed by atoms with Crippen LogP contribution >= 0.6 is 11.6 Å². The first-order valence-corrected chi connectivity index (χ1v) is 6.76. The lowest BCUT2D eigenvalue weighted by atomic mass is 9.98. The van der Waals surface area contributed by atoms with Crippen LogP contribution in [0.1, 0.15) is 31.7 Å². The van der Waals surface area contributed by atoms with Gasteiger partial charge in [0, 0.05) is 29.4 Å². The second-order valence-electron chi connectivity index (χ2n) is 5.27. The van der Waals surface area contributed by atoms with Gasteiger partial charge in [0.2, 0.25) is 0 Å². The van der Waals surface area contributed by atoms with Crippen molar-refractivity contribution >= 4 is 17.3 Å². The van der Waals surface area contributed by atoms with Crippen LogP contribution in [0.25, 0.3) is 0 Å². The molecule has 1 saturated heterocycles. The van der Waals surface area contributed by atoms with Gasteiger partial charge in [-0.15, -0.1) is 0 Å². The Labute approximate surface area is 113 Å². The molecule has 100 valence electrons. The first-order chi connectivity index (χ1) is 8.52. The predicted octanol–water partition coefficient (Wildman–Crippen LogP) is 2.57. The van der Waals surface area contributed by atoms with E-state index in [1.807, 2.05) is 19.1 Å². The van der Waals surface area contributed by atoms with Gasteiger partial charge in [-0.2, -0.15) is 0 Å². The zero-order chi connectivity index (χ0) is 13.2. The first kappa shape index (κ1) is 13.7. The molecule has 4 heteroatoms. The molecule has 0 radical (unpaired) electrons. The summed E-state index contributed by atoms with van der Waals surface area (Å²) in [7, 11) is 0. The molecule has 1 aromatic rings. The number of nitrogens with zero attached hydrogens (tertiary/aromatic N) is 1. The van der Waals surface area contributed by atoms with Gasteiger partial charge < -0.3 is 15.1 Å². The number of rotatable bonds is 2. The summed E-state index contributed by atoms with van der Waals surface area (Å²) >= 11 is 6.03. The summed E-state index contributed by atoms with van der Waals surface area (Å²) in [6, 6.07) is 5.55. The largest absolute Gasteiger partial charge is 0.392 e. The molecule has 1 unspecified atom stereocenters. The number of anilines is 1. The summed E-state index contributed by atoms with van der Waals surface area (Å²) in [6.07, 6.45) is 2.51. The molecule has 0 spiro atoms. The van der Waals surface area contributed by atoms with E-state index in [1.165, 1.54) is 0 Å². The molecule has 2 rings (SSSR count). The monoisotopic (exact) mass is 269 g/mol. The lowest BCUT2D eigenvalue weighted by molar-refractivity contribution is 0.0481. The highest BCUT2D eigenvalue weighted by atomic mass is 35.5. The highest BCUT2D eigenvalue weighted by molar-refractivity contribution is 6.30. The number of aliphatic hydroxyl groups is 2. The third kappa shape index (κ3) is 3.16. The summed E-state index contributed by atoms with van der Waals surface area (Å²) in [5.41, 5.74) is 1.30. The van der Waals surface area contributed by atoms with Gasteiger partial charge in [-0.05, 0) is 38.3 Å². The molecule has 3 nitrogen and oxygen atoms in total. The number of hydrogen-bond donors (Lipinski definition) is 2. The van der Waals surface area contributed by atoms with Gasteiger partial charge in [-0.3, -0.25) is 0 Å². The van der Waals surface area contributed by atoms with Gasteiger partial charge in [0.1, 0.15) is 0 Å². The minimum Gasteiger partial charge on any atom is -0.392 e. The molecular weight excluding hydrogens is 250 g/mol. The SMILES string of the molecule is CC1(O)CCCN(c2cc(Cl)ccc2CO)CC1. The van der Waals surface area contributed by atoms with E-state index < -0.39 is 5.60 Å². The Morgan fingerprint density at radius 3 is 2.83 bits per heavy atom. The smallest absolute Gasteiger partial charge is 0.0702 e. The molecule has 1 aliphatic rings. The maximum Gasteiger partial charge on any atom is 0.0702 e. The third-order valence-corrected chi connectivity index (χ3v) is 3.86. The minimum absolute atomic E-state index is 0.0133. The van der Waals surface area contributed by atoms with Crippen LogP contribution < -0.4 is 4.90 Å². The zero-order valence-electron chi connectivity index (χ0n) is 10.7. The number of hydrogen-bond acceptors (Lipinski definition) is 3. The molecule has 0 amide bonds. The number of halogens is 1. The summed E-state index contributed by atoms with van der Waals surface area (Å²) < 4.78 is 0. The van der Waals surface area contributed by atoms with Gasteiger partial charge in [0.15, 0.2) is 0 Å². The molecule has 0 bridgehead atoms. The van der Waals surface area contributed by atoms with E-state index in [4.69, 9.17) is 11.6 Å². The van der Waals surface area contributed by atoms with Crippen LogP contribution in [-0.4, -0.2) is 28.9 Å². The highest BCUT2D eigenvalue weighted by Crippen LogP contribution is 2.29. The third-order valence-electron chi connectivity index (χ3n) is 3.62. The number of aliphatic hydroxyl groups excluding tert-OH is 1. The van der Waals surface area contributed by atoms with Crippen LogP contribution in [0.4, 0.5) is 5.69 Å². The minimum atomic E-state index is -0.577. The molecule has 2 N–H and O–H groups in total. The van der Waals surface area contributed by atoms with Crippen molar-refractivity contribution < 1.29 is 10.2 Å². The summed E-state index contributed by atoms with van der Waals surface area (Å²) in [5, 5.41) is 20.2. The molecule has 0 aliphatic carbocycles. The van der Waals surface area contributed by atoms with Crippen molar-refractivity contribution in [3.63, 3.8) is 0 Å². The van der Waals surface area contributed by atoms with Crippen LogP contribution in [0.3, 0.4) is 0 Å². The summed E-state index contributed by atoms with van der Waals surface area (Å²) in [4.78, 5) is 2.21. The average molecular weight is 270 g/mol. The van der Waals surface area contributed by atoms with E-state index in [9.17, 15) is 10.2 Å². The Morgan fingerprint density at radius 2 is 2.11 bits per heavy atom. The van der Waals surface area contributed by atoms with Crippen molar-refractivity contribution in [3.05, 3.63) is 28.8 Å². The highest BCUT2D eigenvalue weighted by Gasteiger charge is 2.25. The van der Waals surface area contributed by atoms with Gasteiger partial charge in [-0.1, -0.05) is 17.7 Å². The maximum atomic E-state index is 10.1. The Kier molecular flexibility index (Phi) is 4.15. The van der Waals surface area contributed by atoms with Crippen LogP contribution in [0.15, 0.2) is 18.2 Å². The molecule has 1 aliphatic heterocycles. The van der Waals surface area contributed by atoms with Gasteiger partial charge in [-0.25, -0.2) is 0 Å². The topological polar surface area (TPSA) is 43.7 Å². The standard InChI is InChI=1S/C14H20ClNO2/c1-14(18)5-2-7-16(8-6-14)13-9-12(15)4-3-11(13)10-17/h3-4,9,17-18H,2,5-8,10H2,1H3. The van der Waals surface area contributed by atoms with Crippen LogP contribution in [0.2, 0.25) is 5.02 Å². The molecule has 1 atom stereocenters. The van der Waals surface area contributed by atoms with Gasteiger partial charge in [0.25, 0.3) is 0 Å². The second-order valence-corrected chi connectivity index (χ2v) is 5.71. The Balaban J connectivity index is 2.23. The zero-order valence-corrected chi connectivity index (χ0v) is 11.5. The lowest BCUT2D eigenvalue weighted by Gasteiger charge is -2.26. The predicted molar refractivity (Wildman–Crippen MR) is 74.1 cm³/mol. The van der Waals surface area contributed by atoms with Crippen LogP contribution in [0, 0.1) is 0 Å². The maximum absolute atomic E-state index is 10.1. The molecule has 1 aromatic carbocycles. The van der Waals surface area contributed by atoms with E-state index in [2.05, 4.69) is 4.90 Å². The van der Waals surface area contributed by atoms with E-state index in [0.717, 1.165) is 43.6 Å². The molecular formula is C14H20ClNO2. The Bertz CT molecular complexity index is 420. The van der Waals surface area contributed by atoms with Crippen molar-refractivity contribution in [3.8, 4) is 0 Å².